The van der Waals surface area contributed by atoms with Crippen LogP contribution in [0.15, 0.2) is 36.8 Å². The fourth-order valence-corrected chi connectivity index (χ4v) is 4.53. The van der Waals surface area contributed by atoms with E-state index in [0.717, 1.165) is 37.6 Å². The number of carbonyl (C=O) groups excluding carboxylic acids is 1. The van der Waals surface area contributed by atoms with Gasteiger partial charge in [0.05, 0.1) is 31.2 Å². The van der Waals surface area contributed by atoms with E-state index in [1.54, 1.807) is 0 Å². The van der Waals surface area contributed by atoms with Gasteiger partial charge in [-0.2, -0.15) is 0 Å². The highest BCUT2D eigenvalue weighted by atomic mass is 16.5. The first-order valence-corrected chi connectivity index (χ1v) is 10.2. The Hall–Kier alpha value is -2.14. The SMILES string of the molecule is O=C(CC1Cc2ccccc2C1)N1Cc2cncn2[C@@H](COCC2CC2)C1. The molecule has 0 N–H and O–H groups in total. The number of benzene rings is 1. The maximum Gasteiger partial charge on any atom is 0.223 e. The number of aromatic nitrogens is 2. The number of nitrogens with zero attached hydrogens (tertiary/aromatic N) is 3. The van der Waals surface area contributed by atoms with E-state index in [2.05, 4.69) is 33.8 Å². The minimum absolute atomic E-state index is 0.180. The van der Waals surface area contributed by atoms with Crippen LogP contribution < -0.4 is 0 Å². The van der Waals surface area contributed by atoms with Crippen LogP contribution in [0.5, 0.6) is 0 Å². The van der Waals surface area contributed by atoms with E-state index in [-0.39, 0.29) is 11.9 Å². The number of ether oxygens (including phenoxy) is 1. The molecule has 5 nitrogen and oxygen atoms in total. The van der Waals surface area contributed by atoms with Gasteiger partial charge < -0.3 is 14.2 Å². The minimum atomic E-state index is 0.180. The molecule has 5 heteroatoms. The molecule has 1 amide bonds. The van der Waals surface area contributed by atoms with Crippen LogP contribution in [0.25, 0.3) is 0 Å². The standard InChI is InChI=1S/C22H27N3O2/c26-22(9-17-7-18-3-1-2-4-19(18)8-17)24-11-20-10-23-15-25(20)21(12-24)14-27-13-16-5-6-16/h1-4,10,15-17,21H,5-9,11-14H2/t21-/m1/s1. The van der Waals surface area contributed by atoms with Crippen LogP contribution in [0.3, 0.4) is 0 Å². The molecule has 1 saturated carbocycles. The van der Waals surface area contributed by atoms with Gasteiger partial charge in [0.1, 0.15) is 0 Å². The molecule has 1 aliphatic heterocycles. The van der Waals surface area contributed by atoms with Crippen LogP contribution in [0, 0.1) is 11.8 Å². The zero-order valence-electron chi connectivity index (χ0n) is 15.7. The Morgan fingerprint density at radius 3 is 2.63 bits per heavy atom. The summed E-state index contributed by atoms with van der Waals surface area (Å²) in [5.41, 5.74) is 3.95. The highest BCUT2D eigenvalue weighted by Crippen LogP contribution is 2.31. The molecular weight excluding hydrogens is 338 g/mol. The van der Waals surface area contributed by atoms with E-state index in [9.17, 15) is 4.79 Å². The summed E-state index contributed by atoms with van der Waals surface area (Å²) in [6.45, 7) is 2.91. The fourth-order valence-electron chi connectivity index (χ4n) is 4.53. The molecule has 0 radical (unpaired) electrons. The van der Waals surface area contributed by atoms with Gasteiger partial charge in [0.2, 0.25) is 5.91 Å². The second-order valence-electron chi connectivity index (χ2n) is 8.45. The second-order valence-corrected chi connectivity index (χ2v) is 8.45. The van der Waals surface area contributed by atoms with Gasteiger partial charge in [-0.05, 0) is 48.6 Å². The summed E-state index contributed by atoms with van der Waals surface area (Å²) in [6.07, 6.45) is 9.07. The minimum Gasteiger partial charge on any atom is -0.379 e. The summed E-state index contributed by atoms with van der Waals surface area (Å²) in [7, 11) is 0. The smallest absolute Gasteiger partial charge is 0.223 e. The molecule has 1 atom stereocenters. The van der Waals surface area contributed by atoms with Gasteiger partial charge in [-0.25, -0.2) is 4.98 Å². The summed E-state index contributed by atoms with van der Waals surface area (Å²) in [4.78, 5) is 19.4. The van der Waals surface area contributed by atoms with E-state index >= 15 is 0 Å². The number of carbonyl (C=O) groups is 1. The lowest BCUT2D eigenvalue weighted by Crippen LogP contribution is -2.42. The highest BCUT2D eigenvalue weighted by Gasteiger charge is 2.31. The molecule has 0 unspecified atom stereocenters. The Balaban J connectivity index is 1.21. The Kier molecular flexibility index (Phi) is 4.48. The van der Waals surface area contributed by atoms with Crippen molar-refractivity contribution in [3.05, 3.63) is 53.6 Å². The lowest BCUT2D eigenvalue weighted by molar-refractivity contribution is -0.134. The van der Waals surface area contributed by atoms with Crippen molar-refractivity contribution in [2.75, 3.05) is 19.8 Å². The number of fused-ring (bicyclic) bond motifs is 2. The molecule has 0 spiro atoms. The molecule has 0 bridgehead atoms. The zero-order valence-corrected chi connectivity index (χ0v) is 15.7. The van der Waals surface area contributed by atoms with Gasteiger partial charge >= 0.3 is 0 Å². The largest absolute Gasteiger partial charge is 0.379 e. The lowest BCUT2D eigenvalue weighted by atomic mass is 10.0. The first-order valence-electron chi connectivity index (χ1n) is 10.2. The molecule has 5 rings (SSSR count). The van der Waals surface area contributed by atoms with Gasteiger partial charge in [-0.15, -0.1) is 0 Å². The molecule has 1 aromatic heterocycles. The normalized spacial score (nSPS) is 21.9. The Morgan fingerprint density at radius 2 is 1.89 bits per heavy atom. The Morgan fingerprint density at radius 1 is 1.11 bits per heavy atom. The summed E-state index contributed by atoms with van der Waals surface area (Å²) >= 11 is 0. The van der Waals surface area contributed by atoms with Gasteiger partial charge in [-0.3, -0.25) is 4.79 Å². The van der Waals surface area contributed by atoms with Gasteiger partial charge in [0, 0.05) is 25.8 Å². The molecule has 1 aromatic carbocycles. The average Bonchev–Trinajstić information content (AvgIpc) is 3.21. The van der Waals surface area contributed by atoms with Gasteiger partial charge in [-0.1, -0.05) is 24.3 Å². The van der Waals surface area contributed by atoms with Crippen LogP contribution in [0.1, 0.15) is 42.1 Å². The number of amides is 1. The zero-order chi connectivity index (χ0) is 18.2. The predicted molar refractivity (Wildman–Crippen MR) is 102 cm³/mol. The number of hydrogen-bond acceptors (Lipinski definition) is 3. The van der Waals surface area contributed by atoms with Crippen molar-refractivity contribution in [3.63, 3.8) is 0 Å². The van der Waals surface area contributed by atoms with Gasteiger partial charge in [0.15, 0.2) is 0 Å². The van der Waals surface area contributed by atoms with E-state index in [1.165, 1.54) is 24.0 Å². The third-order valence-electron chi connectivity index (χ3n) is 6.24. The molecule has 27 heavy (non-hydrogen) atoms. The maximum atomic E-state index is 13.0. The predicted octanol–water partition coefficient (Wildman–Crippen LogP) is 3.00. The summed E-state index contributed by atoms with van der Waals surface area (Å²) < 4.78 is 8.14. The molecular formula is C22H27N3O2. The van der Waals surface area contributed by atoms with E-state index < -0.39 is 0 Å². The molecule has 2 aromatic rings. The van der Waals surface area contributed by atoms with Crippen LogP contribution in [-0.4, -0.2) is 40.1 Å². The van der Waals surface area contributed by atoms with Crippen LogP contribution >= 0.6 is 0 Å². The van der Waals surface area contributed by atoms with E-state index in [0.29, 0.717) is 25.5 Å². The summed E-state index contributed by atoms with van der Waals surface area (Å²) in [5, 5.41) is 0. The fraction of sp³-hybridized carbons (Fsp3) is 0.545. The van der Waals surface area contributed by atoms with Crippen molar-refractivity contribution in [1.82, 2.24) is 14.5 Å². The Labute approximate surface area is 160 Å². The molecule has 0 saturated heterocycles. The van der Waals surface area contributed by atoms with Crippen LogP contribution in [0.4, 0.5) is 0 Å². The molecule has 2 heterocycles. The van der Waals surface area contributed by atoms with Crippen molar-refractivity contribution in [1.29, 1.82) is 0 Å². The first kappa shape index (κ1) is 17.0. The second kappa shape index (κ2) is 7.12. The Bertz CT molecular complexity index is 801. The van der Waals surface area contributed by atoms with E-state index in [4.69, 9.17) is 4.74 Å². The molecule has 3 aliphatic rings. The highest BCUT2D eigenvalue weighted by molar-refractivity contribution is 5.76. The summed E-state index contributed by atoms with van der Waals surface area (Å²) in [6, 6.07) is 8.78. The van der Waals surface area contributed by atoms with Crippen LogP contribution in [0.2, 0.25) is 0 Å². The lowest BCUT2D eigenvalue weighted by Gasteiger charge is -2.35. The number of hydrogen-bond donors (Lipinski definition) is 0. The molecule has 1 fully saturated rings. The average molecular weight is 365 g/mol. The quantitative estimate of drug-likeness (QED) is 0.791. The van der Waals surface area contributed by atoms with E-state index in [1.807, 2.05) is 17.4 Å². The monoisotopic (exact) mass is 365 g/mol. The third-order valence-corrected chi connectivity index (χ3v) is 6.24. The number of imidazole rings is 1. The topological polar surface area (TPSA) is 47.4 Å². The van der Waals surface area contributed by atoms with Crippen LogP contribution in [-0.2, 0) is 28.9 Å². The van der Waals surface area contributed by atoms with Crippen molar-refractivity contribution >= 4 is 5.91 Å². The number of rotatable bonds is 6. The maximum absolute atomic E-state index is 13.0. The van der Waals surface area contributed by atoms with Crippen molar-refractivity contribution < 1.29 is 9.53 Å². The summed E-state index contributed by atoms with van der Waals surface area (Å²) in [5.74, 6) is 1.47. The van der Waals surface area contributed by atoms with Crippen molar-refractivity contribution in [2.24, 2.45) is 11.8 Å². The third kappa shape index (κ3) is 3.65. The first-order chi connectivity index (χ1) is 13.3. The van der Waals surface area contributed by atoms with Crippen molar-refractivity contribution in [2.45, 2.75) is 44.7 Å². The van der Waals surface area contributed by atoms with Gasteiger partial charge in [0.25, 0.3) is 0 Å². The van der Waals surface area contributed by atoms with Crippen molar-refractivity contribution in [3.8, 4) is 0 Å². The molecule has 2 aliphatic carbocycles. The molecule has 142 valence electrons.